The Hall–Kier alpha value is -1.90. The van der Waals surface area contributed by atoms with Crippen LogP contribution in [0.4, 0.5) is 0 Å². The molecule has 1 aliphatic rings. The highest BCUT2D eigenvalue weighted by Crippen LogP contribution is 2.25. The summed E-state index contributed by atoms with van der Waals surface area (Å²) in [6.45, 7) is 1.19. The second-order valence-electron chi connectivity index (χ2n) is 5.28. The molecule has 0 spiro atoms. The van der Waals surface area contributed by atoms with E-state index in [9.17, 15) is 13.2 Å². The number of nitrogens with one attached hydrogen (secondary N) is 1. The lowest BCUT2D eigenvalue weighted by Crippen LogP contribution is -2.30. The van der Waals surface area contributed by atoms with Gasteiger partial charge in [0.2, 0.25) is 15.9 Å². The molecule has 126 valence electrons. The van der Waals surface area contributed by atoms with E-state index in [1.54, 1.807) is 23.1 Å². The second kappa shape index (κ2) is 7.12. The summed E-state index contributed by atoms with van der Waals surface area (Å²) in [5.41, 5.74) is 6.37. The van der Waals surface area contributed by atoms with Gasteiger partial charge in [0.1, 0.15) is 10.6 Å². The van der Waals surface area contributed by atoms with E-state index < -0.39 is 10.0 Å². The van der Waals surface area contributed by atoms with Crippen molar-refractivity contribution < 1.29 is 17.9 Å². The van der Waals surface area contributed by atoms with Crippen LogP contribution in [0.3, 0.4) is 0 Å². The minimum absolute atomic E-state index is 0.0280. The fourth-order valence-electron chi connectivity index (χ4n) is 2.38. The number of nitrogens with two attached hydrogens (primary N) is 1. The van der Waals surface area contributed by atoms with Crippen LogP contribution in [-0.4, -0.2) is 52.5 Å². The van der Waals surface area contributed by atoms with Crippen LogP contribution in [0, 0.1) is 0 Å². The van der Waals surface area contributed by atoms with Gasteiger partial charge in [-0.05, 0) is 37.2 Å². The number of methoxy groups -OCH3 is 1. The smallest absolute Gasteiger partial charge is 0.246 e. The zero-order valence-electron chi connectivity index (χ0n) is 13.2. The van der Waals surface area contributed by atoms with E-state index in [-0.39, 0.29) is 22.6 Å². The number of carbonyl (C=O) groups excluding carboxylic acids is 1. The first kappa shape index (κ1) is 17.5. The monoisotopic (exact) mass is 339 g/mol. The van der Waals surface area contributed by atoms with Crippen molar-refractivity contribution in [2.24, 2.45) is 5.73 Å². The molecule has 7 nitrogen and oxygen atoms in total. The number of sulfonamides is 1. The third-order valence-corrected chi connectivity index (χ3v) is 5.14. The van der Waals surface area contributed by atoms with Gasteiger partial charge in [0, 0.05) is 25.2 Å². The molecule has 0 saturated carbocycles. The van der Waals surface area contributed by atoms with Gasteiger partial charge in [-0.15, -0.1) is 0 Å². The van der Waals surface area contributed by atoms with E-state index in [1.165, 1.54) is 26.3 Å². The molecule has 0 aromatic heterocycles. The van der Waals surface area contributed by atoms with Crippen LogP contribution >= 0.6 is 0 Å². The molecule has 1 unspecified atom stereocenters. The van der Waals surface area contributed by atoms with Gasteiger partial charge in [-0.3, -0.25) is 4.79 Å². The molecule has 23 heavy (non-hydrogen) atoms. The van der Waals surface area contributed by atoms with Crippen molar-refractivity contribution in [2.75, 3.05) is 27.2 Å². The van der Waals surface area contributed by atoms with E-state index in [4.69, 9.17) is 10.5 Å². The predicted molar refractivity (Wildman–Crippen MR) is 87.4 cm³/mol. The van der Waals surface area contributed by atoms with E-state index in [0.29, 0.717) is 18.7 Å². The molecule has 0 radical (unpaired) electrons. The highest BCUT2D eigenvalue weighted by atomic mass is 32.2. The molecule has 8 heteroatoms. The molecule has 0 aliphatic carbocycles. The van der Waals surface area contributed by atoms with Crippen molar-refractivity contribution in [3.8, 4) is 5.75 Å². The van der Waals surface area contributed by atoms with Gasteiger partial charge in [0.15, 0.2) is 0 Å². The summed E-state index contributed by atoms with van der Waals surface area (Å²) in [4.78, 5) is 13.8. The molecule has 0 bridgehead atoms. The Labute approximate surface area is 136 Å². The van der Waals surface area contributed by atoms with Crippen LogP contribution in [0.25, 0.3) is 6.08 Å². The highest BCUT2D eigenvalue weighted by Gasteiger charge is 2.22. The fraction of sp³-hybridized carbons (Fsp3) is 0.400. The number of ether oxygens (including phenoxy) is 1. The van der Waals surface area contributed by atoms with Crippen LogP contribution in [0.15, 0.2) is 29.2 Å². The van der Waals surface area contributed by atoms with Gasteiger partial charge in [0.05, 0.1) is 7.11 Å². The third-order valence-electron chi connectivity index (χ3n) is 3.70. The number of benzene rings is 1. The largest absolute Gasteiger partial charge is 0.495 e. The van der Waals surface area contributed by atoms with E-state index in [2.05, 4.69) is 4.72 Å². The average Bonchev–Trinajstić information content (AvgIpc) is 2.98. The highest BCUT2D eigenvalue weighted by molar-refractivity contribution is 7.89. The van der Waals surface area contributed by atoms with Gasteiger partial charge < -0.3 is 15.4 Å². The van der Waals surface area contributed by atoms with Gasteiger partial charge in [-0.1, -0.05) is 6.07 Å². The minimum atomic E-state index is -3.65. The number of nitrogens with zero attached hydrogens (tertiary/aromatic N) is 1. The molecule has 1 aliphatic heterocycles. The van der Waals surface area contributed by atoms with Crippen molar-refractivity contribution in [3.05, 3.63) is 29.8 Å². The molecule has 1 aromatic carbocycles. The molecule has 1 amide bonds. The molecule has 1 fully saturated rings. The van der Waals surface area contributed by atoms with Crippen molar-refractivity contribution in [1.82, 2.24) is 9.62 Å². The standard InChI is InChI=1S/C15H21N3O4S/c1-17-23(20,21)14-9-11(3-5-13(14)22-2)4-6-15(19)18-8-7-12(16)10-18/h3-6,9,12,17H,7-8,10,16H2,1-2H3. The fourth-order valence-corrected chi connectivity index (χ4v) is 3.30. The second-order valence-corrected chi connectivity index (χ2v) is 7.14. The van der Waals surface area contributed by atoms with Crippen LogP contribution in [0.2, 0.25) is 0 Å². The summed E-state index contributed by atoms with van der Waals surface area (Å²) in [6.07, 6.45) is 3.81. The summed E-state index contributed by atoms with van der Waals surface area (Å²) < 4.78 is 31.4. The first-order valence-corrected chi connectivity index (χ1v) is 8.70. The maximum absolute atomic E-state index is 12.1. The maximum Gasteiger partial charge on any atom is 0.246 e. The van der Waals surface area contributed by atoms with Crippen LogP contribution in [0.1, 0.15) is 12.0 Å². The maximum atomic E-state index is 12.1. The van der Waals surface area contributed by atoms with E-state index in [1.807, 2.05) is 0 Å². The number of hydrogen-bond donors (Lipinski definition) is 2. The Morgan fingerprint density at radius 1 is 1.48 bits per heavy atom. The lowest BCUT2D eigenvalue weighted by atomic mass is 10.2. The normalized spacial score (nSPS) is 18.6. The van der Waals surface area contributed by atoms with E-state index in [0.717, 1.165) is 6.42 Å². The number of likely N-dealkylation sites (tertiary alicyclic amines) is 1. The lowest BCUT2D eigenvalue weighted by molar-refractivity contribution is -0.124. The summed E-state index contributed by atoms with van der Waals surface area (Å²) in [6, 6.07) is 4.73. The summed E-state index contributed by atoms with van der Waals surface area (Å²) in [7, 11) is -0.912. The van der Waals surface area contributed by atoms with Crippen molar-refractivity contribution in [1.29, 1.82) is 0 Å². The molecule has 1 saturated heterocycles. The van der Waals surface area contributed by atoms with Gasteiger partial charge in [-0.2, -0.15) is 0 Å². The summed E-state index contributed by atoms with van der Waals surface area (Å²) in [5.74, 6) is 0.111. The third kappa shape index (κ3) is 4.10. The Kier molecular flexibility index (Phi) is 5.40. The predicted octanol–water partition coefficient (Wildman–Crippen LogP) is 0.176. The summed E-state index contributed by atoms with van der Waals surface area (Å²) in [5, 5.41) is 0. The van der Waals surface area contributed by atoms with Crippen molar-refractivity contribution >= 4 is 22.0 Å². The molecule has 1 atom stereocenters. The number of carbonyl (C=O) groups is 1. The Morgan fingerprint density at radius 3 is 2.78 bits per heavy atom. The van der Waals surface area contributed by atoms with E-state index >= 15 is 0 Å². The van der Waals surface area contributed by atoms with Crippen LogP contribution < -0.4 is 15.2 Å². The van der Waals surface area contributed by atoms with Gasteiger partial charge in [-0.25, -0.2) is 13.1 Å². The molecule has 1 heterocycles. The van der Waals surface area contributed by atoms with Crippen molar-refractivity contribution in [2.45, 2.75) is 17.4 Å². The first-order chi connectivity index (χ1) is 10.9. The average molecular weight is 339 g/mol. The summed E-state index contributed by atoms with van der Waals surface area (Å²) >= 11 is 0. The topological polar surface area (TPSA) is 102 Å². The minimum Gasteiger partial charge on any atom is -0.495 e. The Balaban J connectivity index is 2.22. The Morgan fingerprint density at radius 2 is 2.22 bits per heavy atom. The number of rotatable bonds is 5. The quantitative estimate of drug-likeness (QED) is 0.745. The van der Waals surface area contributed by atoms with Gasteiger partial charge >= 0.3 is 0 Å². The number of hydrogen-bond acceptors (Lipinski definition) is 5. The molecule has 3 N–H and O–H groups in total. The molecule has 2 rings (SSSR count). The molecular formula is C15H21N3O4S. The molecular weight excluding hydrogens is 318 g/mol. The van der Waals surface area contributed by atoms with Crippen molar-refractivity contribution in [3.63, 3.8) is 0 Å². The Bertz CT molecular complexity index is 715. The zero-order valence-corrected chi connectivity index (χ0v) is 14.0. The zero-order chi connectivity index (χ0) is 17.0. The van der Waals surface area contributed by atoms with Crippen LogP contribution in [-0.2, 0) is 14.8 Å². The molecule has 1 aromatic rings. The number of amides is 1. The lowest BCUT2D eigenvalue weighted by Gasteiger charge is -2.13. The first-order valence-electron chi connectivity index (χ1n) is 7.21. The van der Waals surface area contributed by atoms with Crippen LogP contribution in [0.5, 0.6) is 5.75 Å². The SMILES string of the molecule is CNS(=O)(=O)c1cc(C=CC(=O)N2CCC(N)C2)ccc1OC. The van der Waals surface area contributed by atoms with Gasteiger partial charge in [0.25, 0.3) is 0 Å².